The Bertz CT molecular complexity index is 524. The lowest BCUT2D eigenvalue weighted by Gasteiger charge is -2.31. The van der Waals surface area contributed by atoms with E-state index < -0.39 is 6.09 Å². The Balaban J connectivity index is 1.72. The largest absolute Gasteiger partial charge is 0.465 e. The van der Waals surface area contributed by atoms with E-state index in [0.29, 0.717) is 19.0 Å². The van der Waals surface area contributed by atoms with Crippen molar-refractivity contribution >= 4 is 11.9 Å². The third kappa shape index (κ3) is 2.61. The van der Waals surface area contributed by atoms with Crippen LogP contribution in [0.25, 0.3) is 0 Å². The summed E-state index contributed by atoms with van der Waals surface area (Å²) in [6.07, 6.45) is 1.19. The van der Waals surface area contributed by atoms with E-state index in [0.717, 1.165) is 37.3 Å². The molecule has 1 atom stereocenters. The molecule has 1 fully saturated rings. The molecule has 1 aromatic carbocycles. The maximum atomic E-state index is 11.1. The highest BCUT2D eigenvalue weighted by Gasteiger charge is 2.24. The van der Waals surface area contributed by atoms with Crippen molar-refractivity contribution in [1.29, 1.82) is 0 Å². The number of nitrogens with zero attached hydrogens (tertiary/aromatic N) is 2. The van der Waals surface area contributed by atoms with E-state index in [1.165, 1.54) is 10.5 Å². The molecule has 1 aromatic rings. The zero-order valence-electron chi connectivity index (χ0n) is 11.4. The first-order valence-corrected chi connectivity index (χ1v) is 7.10. The number of likely N-dealkylation sites (tertiary alicyclic amines) is 1. The SMILES string of the molecule is O=C(O)N1CCCC(c2ccc(C3=NCCN3)cc2)C1. The van der Waals surface area contributed by atoms with Gasteiger partial charge in [-0.2, -0.15) is 0 Å². The summed E-state index contributed by atoms with van der Waals surface area (Å²) in [6, 6.07) is 8.36. The van der Waals surface area contributed by atoms with Crippen LogP contribution in [-0.4, -0.2) is 48.1 Å². The summed E-state index contributed by atoms with van der Waals surface area (Å²) in [5.41, 5.74) is 2.33. The van der Waals surface area contributed by atoms with E-state index in [1.807, 2.05) is 0 Å². The van der Waals surface area contributed by atoms with Crippen LogP contribution in [0.2, 0.25) is 0 Å². The molecule has 0 radical (unpaired) electrons. The molecule has 20 heavy (non-hydrogen) atoms. The number of amides is 1. The van der Waals surface area contributed by atoms with Gasteiger partial charge in [-0.1, -0.05) is 24.3 Å². The van der Waals surface area contributed by atoms with Crippen LogP contribution in [0.5, 0.6) is 0 Å². The number of aliphatic imine (C=N–C) groups is 1. The van der Waals surface area contributed by atoms with Gasteiger partial charge in [-0.3, -0.25) is 4.99 Å². The van der Waals surface area contributed by atoms with Crippen molar-refractivity contribution in [3.05, 3.63) is 35.4 Å². The molecule has 0 bridgehead atoms. The first-order valence-electron chi connectivity index (χ1n) is 7.10. The Kier molecular flexibility index (Phi) is 3.58. The molecule has 1 amide bonds. The van der Waals surface area contributed by atoms with E-state index in [2.05, 4.69) is 34.6 Å². The van der Waals surface area contributed by atoms with E-state index >= 15 is 0 Å². The van der Waals surface area contributed by atoms with Crippen LogP contribution in [0.1, 0.15) is 29.9 Å². The summed E-state index contributed by atoms with van der Waals surface area (Å²) < 4.78 is 0. The summed E-state index contributed by atoms with van der Waals surface area (Å²) >= 11 is 0. The Morgan fingerprint density at radius 2 is 2.15 bits per heavy atom. The highest BCUT2D eigenvalue weighted by Crippen LogP contribution is 2.27. The van der Waals surface area contributed by atoms with Crippen LogP contribution in [0.4, 0.5) is 4.79 Å². The molecule has 2 heterocycles. The highest BCUT2D eigenvalue weighted by atomic mass is 16.4. The number of carboxylic acid groups (broad SMARTS) is 1. The van der Waals surface area contributed by atoms with E-state index in [-0.39, 0.29) is 0 Å². The molecule has 0 saturated carbocycles. The minimum absolute atomic E-state index is 0.312. The molecule has 106 valence electrons. The number of piperidine rings is 1. The number of nitrogens with one attached hydrogen (secondary N) is 1. The number of carbonyl (C=O) groups is 1. The van der Waals surface area contributed by atoms with Crippen molar-refractivity contribution in [1.82, 2.24) is 10.2 Å². The summed E-state index contributed by atoms with van der Waals surface area (Å²) in [4.78, 5) is 17.0. The van der Waals surface area contributed by atoms with Gasteiger partial charge in [0.05, 0.1) is 6.54 Å². The maximum Gasteiger partial charge on any atom is 0.407 e. The van der Waals surface area contributed by atoms with Gasteiger partial charge in [0.1, 0.15) is 5.84 Å². The normalized spacial score (nSPS) is 22.3. The monoisotopic (exact) mass is 273 g/mol. The van der Waals surface area contributed by atoms with Gasteiger partial charge in [-0.15, -0.1) is 0 Å². The van der Waals surface area contributed by atoms with E-state index in [1.54, 1.807) is 0 Å². The van der Waals surface area contributed by atoms with Gasteiger partial charge in [0.15, 0.2) is 0 Å². The minimum Gasteiger partial charge on any atom is -0.465 e. The summed E-state index contributed by atoms with van der Waals surface area (Å²) in [5.74, 6) is 1.28. The second-order valence-electron chi connectivity index (χ2n) is 5.35. The Morgan fingerprint density at radius 1 is 1.35 bits per heavy atom. The average Bonchev–Trinajstić information content (AvgIpc) is 3.02. The van der Waals surface area contributed by atoms with Gasteiger partial charge in [-0.05, 0) is 18.4 Å². The van der Waals surface area contributed by atoms with Crippen LogP contribution in [-0.2, 0) is 0 Å². The van der Waals surface area contributed by atoms with Gasteiger partial charge < -0.3 is 15.3 Å². The molecule has 1 unspecified atom stereocenters. The van der Waals surface area contributed by atoms with Crippen molar-refractivity contribution in [2.24, 2.45) is 4.99 Å². The molecular formula is C15H19N3O2. The zero-order valence-corrected chi connectivity index (χ0v) is 11.4. The molecule has 0 aliphatic carbocycles. The molecule has 2 aliphatic heterocycles. The predicted octanol–water partition coefficient (Wildman–Crippen LogP) is 1.89. The lowest BCUT2D eigenvalue weighted by atomic mass is 9.90. The van der Waals surface area contributed by atoms with Crippen molar-refractivity contribution < 1.29 is 9.90 Å². The Hall–Kier alpha value is -2.04. The molecular weight excluding hydrogens is 254 g/mol. The molecule has 2 aliphatic rings. The van der Waals surface area contributed by atoms with Gasteiger partial charge in [0.2, 0.25) is 0 Å². The fourth-order valence-electron chi connectivity index (χ4n) is 2.93. The first kappa shape index (κ1) is 13.0. The van der Waals surface area contributed by atoms with Gasteiger partial charge in [-0.25, -0.2) is 4.79 Å². The molecule has 3 rings (SSSR count). The summed E-state index contributed by atoms with van der Waals surface area (Å²) in [6.45, 7) is 3.01. The van der Waals surface area contributed by atoms with Crippen molar-refractivity contribution in [2.45, 2.75) is 18.8 Å². The lowest BCUT2D eigenvalue weighted by Crippen LogP contribution is -2.38. The van der Waals surface area contributed by atoms with Crippen molar-refractivity contribution in [2.75, 3.05) is 26.2 Å². The molecule has 0 aromatic heterocycles. The molecule has 5 nitrogen and oxygen atoms in total. The number of rotatable bonds is 2. The predicted molar refractivity (Wildman–Crippen MR) is 77.4 cm³/mol. The number of hydrogen-bond donors (Lipinski definition) is 2. The molecule has 5 heteroatoms. The highest BCUT2D eigenvalue weighted by molar-refractivity contribution is 5.99. The number of benzene rings is 1. The Labute approximate surface area is 118 Å². The van der Waals surface area contributed by atoms with Crippen LogP contribution >= 0.6 is 0 Å². The third-order valence-corrected chi connectivity index (χ3v) is 4.02. The first-order chi connectivity index (χ1) is 9.74. The quantitative estimate of drug-likeness (QED) is 0.865. The van der Waals surface area contributed by atoms with E-state index in [4.69, 9.17) is 5.11 Å². The molecule has 1 saturated heterocycles. The zero-order chi connectivity index (χ0) is 13.9. The topological polar surface area (TPSA) is 64.9 Å². The summed E-state index contributed by atoms with van der Waals surface area (Å²) in [5, 5.41) is 12.4. The lowest BCUT2D eigenvalue weighted by molar-refractivity contribution is 0.130. The van der Waals surface area contributed by atoms with Crippen LogP contribution < -0.4 is 5.32 Å². The van der Waals surface area contributed by atoms with Crippen LogP contribution in [0.3, 0.4) is 0 Å². The van der Waals surface area contributed by atoms with E-state index in [9.17, 15) is 4.79 Å². The standard InChI is InChI=1S/C15H19N3O2/c19-15(20)18-9-1-2-13(10-18)11-3-5-12(6-4-11)14-16-7-8-17-14/h3-6,13H,1-2,7-10H2,(H,16,17)(H,19,20). The van der Waals surface area contributed by atoms with Crippen molar-refractivity contribution in [3.8, 4) is 0 Å². The fourth-order valence-corrected chi connectivity index (χ4v) is 2.93. The fraction of sp³-hybridized carbons (Fsp3) is 0.467. The maximum absolute atomic E-state index is 11.1. The molecule has 0 spiro atoms. The number of amidine groups is 1. The minimum atomic E-state index is -0.809. The molecule has 2 N–H and O–H groups in total. The van der Waals surface area contributed by atoms with Gasteiger partial charge in [0, 0.05) is 31.1 Å². The van der Waals surface area contributed by atoms with Crippen LogP contribution in [0.15, 0.2) is 29.3 Å². The van der Waals surface area contributed by atoms with Crippen molar-refractivity contribution in [3.63, 3.8) is 0 Å². The van der Waals surface area contributed by atoms with Crippen LogP contribution in [0, 0.1) is 0 Å². The third-order valence-electron chi connectivity index (χ3n) is 4.02. The Morgan fingerprint density at radius 3 is 2.80 bits per heavy atom. The van der Waals surface area contributed by atoms with Gasteiger partial charge >= 0.3 is 6.09 Å². The summed E-state index contributed by atoms with van der Waals surface area (Å²) in [7, 11) is 0. The number of hydrogen-bond acceptors (Lipinski definition) is 3. The second kappa shape index (κ2) is 5.53. The van der Waals surface area contributed by atoms with Gasteiger partial charge in [0.25, 0.3) is 0 Å². The second-order valence-corrected chi connectivity index (χ2v) is 5.35. The average molecular weight is 273 g/mol. The smallest absolute Gasteiger partial charge is 0.407 e.